The summed E-state index contributed by atoms with van der Waals surface area (Å²) >= 11 is 0. The minimum absolute atomic E-state index is 0.373. The quantitative estimate of drug-likeness (QED) is 0.809. The molecule has 2 aromatic rings. The molecule has 1 heterocycles. The van der Waals surface area contributed by atoms with Gasteiger partial charge in [0.2, 0.25) is 0 Å². The molecule has 0 spiro atoms. The highest BCUT2D eigenvalue weighted by Gasteiger charge is 2.15. The van der Waals surface area contributed by atoms with Crippen LogP contribution < -0.4 is 0 Å². The Kier molecular flexibility index (Phi) is 4.71. The van der Waals surface area contributed by atoms with Crippen molar-refractivity contribution in [2.45, 2.75) is 27.1 Å². The molecule has 19 heavy (non-hydrogen) atoms. The molecule has 0 atom stereocenters. The van der Waals surface area contributed by atoms with Crippen molar-refractivity contribution in [1.82, 2.24) is 10.2 Å². The fourth-order valence-corrected chi connectivity index (χ4v) is 1.86. The van der Waals surface area contributed by atoms with Gasteiger partial charge in [0.25, 0.3) is 0 Å². The van der Waals surface area contributed by atoms with Crippen molar-refractivity contribution in [3.05, 3.63) is 41.6 Å². The van der Waals surface area contributed by atoms with E-state index in [1.165, 1.54) is 5.56 Å². The molecule has 1 aromatic heterocycles. The highest BCUT2D eigenvalue weighted by atomic mass is 16.7. The van der Waals surface area contributed by atoms with E-state index in [1.54, 1.807) is 0 Å². The minimum Gasteiger partial charge on any atom is -0.347 e. The van der Waals surface area contributed by atoms with Crippen LogP contribution in [-0.4, -0.2) is 23.4 Å². The summed E-state index contributed by atoms with van der Waals surface area (Å²) in [5, 5.41) is 7.31. The lowest BCUT2D eigenvalue weighted by molar-refractivity contribution is -0.142. The smallest absolute Gasteiger partial charge is 0.200 e. The second-order valence-electron chi connectivity index (χ2n) is 4.32. The average molecular weight is 260 g/mol. The molecule has 102 valence electrons. The van der Waals surface area contributed by atoms with E-state index in [1.807, 2.05) is 19.9 Å². The predicted molar refractivity (Wildman–Crippen MR) is 74.8 cm³/mol. The zero-order chi connectivity index (χ0) is 13.7. The van der Waals surface area contributed by atoms with Crippen LogP contribution in [0.3, 0.4) is 0 Å². The Morgan fingerprint density at radius 2 is 1.74 bits per heavy atom. The summed E-state index contributed by atoms with van der Waals surface area (Å²) in [4.78, 5) is 0. The number of hydrogen-bond acceptors (Lipinski definition) is 3. The Morgan fingerprint density at radius 1 is 1.11 bits per heavy atom. The van der Waals surface area contributed by atoms with Gasteiger partial charge in [-0.1, -0.05) is 29.8 Å². The van der Waals surface area contributed by atoms with Crippen LogP contribution in [0.5, 0.6) is 0 Å². The molecule has 0 saturated heterocycles. The first-order valence-corrected chi connectivity index (χ1v) is 6.60. The average Bonchev–Trinajstić information content (AvgIpc) is 2.89. The van der Waals surface area contributed by atoms with Gasteiger partial charge in [0.1, 0.15) is 0 Å². The summed E-state index contributed by atoms with van der Waals surface area (Å²) in [5.74, 6) is 0. The standard InChI is InChI=1S/C15H20N2O2/c1-4-18-15(19-5-2)14-10-13(16-17-14)12-8-6-11(3)7-9-12/h6-10,15H,4-5H2,1-3H3,(H,16,17). The van der Waals surface area contributed by atoms with E-state index in [2.05, 4.69) is 41.4 Å². The van der Waals surface area contributed by atoms with Gasteiger partial charge < -0.3 is 9.47 Å². The minimum atomic E-state index is -0.373. The largest absolute Gasteiger partial charge is 0.347 e. The van der Waals surface area contributed by atoms with Crippen molar-refractivity contribution < 1.29 is 9.47 Å². The third-order valence-electron chi connectivity index (χ3n) is 2.84. The van der Waals surface area contributed by atoms with Gasteiger partial charge >= 0.3 is 0 Å². The Labute approximate surface area is 113 Å². The Hall–Kier alpha value is -1.65. The number of H-pyrrole nitrogens is 1. The molecule has 0 fully saturated rings. The molecule has 4 nitrogen and oxygen atoms in total. The Bertz CT molecular complexity index is 499. The molecule has 0 bridgehead atoms. The summed E-state index contributed by atoms with van der Waals surface area (Å²) in [6.07, 6.45) is -0.373. The van der Waals surface area contributed by atoms with Crippen molar-refractivity contribution >= 4 is 0 Å². The second-order valence-corrected chi connectivity index (χ2v) is 4.32. The second kappa shape index (κ2) is 6.50. The van der Waals surface area contributed by atoms with Crippen LogP contribution in [-0.2, 0) is 9.47 Å². The van der Waals surface area contributed by atoms with Crippen LogP contribution in [0, 0.1) is 6.92 Å². The van der Waals surface area contributed by atoms with Crippen LogP contribution in [0.25, 0.3) is 11.3 Å². The first kappa shape index (κ1) is 13.8. The number of aromatic amines is 1. The van der Waals surface area contributed by atoms with Gasteiger partial charge in [-0.2, -0.15) is 5.10 Å². The summed E-state index contributed by atoms with van der Waals surface area (Å²) in [6.45, 7) is 7.17. The van der Waals surface area contributed by atoms with E-state index < -0.39 is 0 Å². The van der Waals surface area contributed by atoms with Crippen molar-refractivity contribution in [2.75, 3.05) is 13.2 Å². The monoisotopic (exact) mass is 260 g/mol. The SMILES string of the molecule is CCOC(OCC)c1cc(-c2ccc(C)cc2)n[nH]1. The van der Waals surface area contributed by atoms with Crippen molar-refractivity contribution in [3.8, 4) is 11.3 Å². The van der Waals surface area contributed by atoms with Gasteiger partial charge in [-0.15, -0.1) is 0 Å². The van der Waals surface area contributed by atoms with E-state index in [0.717, 1.165) is 17.0 Å². The van der Waals surface area contributed by atoms with Crippen LogP contribution in [0.15, 0.2) is 30.3 Å². The molecule has 4 heteroatoms. The molecule has 0 unspecified atom stereocenters. The van der Waals surface area contributed by atoms with E-state index in [4.69, 9.17) is 9.47 Å². The van der Waals surface area contributed by atoms with Crippen LogP contribution in [0.4, 0.5) is 0 Å². The zero-order valence-electron chi connectivity index (χ0n) is 11.6. The molecule has 0 aliphatic rings. The zero-order valence-corrected chi connectivity index (χ0v) is 11.6. The summed E-state index contributed by atoms with van der Waals surface area (Å²) in [5.41, 5.74) is 4.07. The lowest BCUT2D eigenvalue weighted by atomic mass is 10.1. The normalized spacial score (nSPS) is 11.2. The molecule has 0 aliphatic heterocycles. The van der Waals surface area contributed by atoms with Gasteiger partial charge in [0, 0.05) is 18.8 Å². The summed E-state index contributed by atoms with van der Waals surface area (Å²) in [7, 11) is 0. The molecule has 0 radical (unpaired) electrons. The number of benzene rings is 1. The maximum absolute atomic E-state index is 5.54. The number of nitrogens with one attached hydrogen (secondary N) is 1. The fraction of sp³-hybridized carbons (Fsp3) is 0.400. The van der Waals surface area contributed by atoms with Gasteiger partial charge in [-0.05, 0) is 26.8 Å². The molecule has 0 amide bonds. The molecule has 0 saturated carbocycles. The molecular weight excluding hydrogens is 240 g/mol. The number of aryl methyl sites for hydroxylation is 1. The first-order chi connectivity index (χ1) is 9.24. The summed E-state index contributed by atoms with van der Waals surface area (Å²) < 4.78 is 11.1. The molecule has 2 rings (SSSR count). The Morgan fingerprint density at radius 3 is 2.32 bits per heavy atom. The van der Waals surface area contributed by atoms with Crippen molar-refractivity contribution in [1.29, 1.82) is 0 Å². The Balaban J connectivity index is 2.19. The number of hydrogen-bond donors (Lipinski definition) is 1. The van der Waals surface area contributed by atoms with Crippen molar-refractivity contribution in [3.63, 3.8) is 0 Å². The van der Waals surface area contributed by atoms with Gasteiger partial charge in [-0.25, -0.2) is 0 Å². The number of rotatable bonds is 6. The number of aromatic nitrogens is 2. The first-order valence-electron chi connectivity index (χ1n) is 6.60. The number of ether oxygens (including phenoxy) is 2. The third-order valence-corrected chi connectivity index (χ3v) is 2.84. The highest BCUT2D eigenvalue weighted by molar-refractivity contribution is 5.59. The van der Waals surface area contributed by atoms with E-state index in [-0.39, 0.29) is 6.29 Å². The number of nitrogens with zero attached hydrogens (tertiary/aromatic N) is 1. The highest BCUT2D eigenvalue weighted by Crippen LogP contribution is 2.23. The van der Waals surface area contributed by atoms with Gasteiger partial charge in [0.15, 0.2) is 6.29 Å². The lowest BCUT2D eigenvalue weighted by Gasteiger charge is -2.14. The van der Waals surface area contributed by atoms with E-state index >= 15 is 0 Å². The molecule has 1 N–H and O–H groups in total. The molecular formula is C15H20N2O2. The topological polar surface area (TPSA) is 47.1 Å². The van der Waals surface area contributed by atoms with E-state index in [9.17, 15) is 0 Å². The molecule has 0 aliphatic carbocycles. The molecule has 1 aromatic carbocycles. The van der Waals surface area contributed by atoms with Crippen LogP contribution >= 0.6 is 0 Å². The predicted octanol–water partition coefficient (Wildman–Crippen LogP) is 3.46. The fourth-order valence-electron chi connectivity index (χ4n) is 1.86. The van der Waals surface area contributed by atoms with Crippen LogP contribution in [0.1, 0.15) is 31.4 Å². The summed E-state index contributed by atoms with van der Waals surface area (Å²) in [6, 6.07) is 10.2. The van der Waals surface area contributed by atoms with Crippen LogP contribution in [0.2, 0.25) is 0 Å². The maximum Gasteiger partial charge on any atom is 0.200 e. The van der Waals surface area contributed by atoms with E-state index in [0.29, 0.717) is 13.2 Å². The van der Waals surface area contributed by atoms with Crippen molar-refractivity contribution in [2.24, 2.45) is 0 Å². The van der Waals surface area contributed by atoms with Gasteiger partial charge in [-0.3, -0.25) is 5.10 Å². The van der Waals surface area contributed by atoms with Gasteiger partial charge in [0.05, 0.1) is 11.4 Å². The lowest BCUT2D eigenvalue weighted by Crippen LogP contribution is -2.09. The maximum atomic E-state index is 5.54. The third kappa shape index (κ3) is 3.43.